The molecule has 1 aliphatic rings. The summed E-state index contributed by atoms with van der Waals surface area (Å²) >= 11 is 0. The van der Waals surface area contributed by atoms with Crippen LogP contribution < -0.4 is 4.90 Å². The number of aryl methyl sites for hydroxylation is 1. The minimum Gasteiger partial charge on any atom is -0.368 e. The van der Waals surface area contributed by atoms with Crippen molar-refractivity contribution in [3.05, 3.63) is 48.2 Å². The van der Waals surface area contributed by atoms with Crippen molar-refractivity contribution in [2.45, 2.75) is 18.9 Å². The first kappa shape index (κ1) is 17.3. The van der Waals surface area contributed by atoms with Crippen LogP contribution in [0, 0.1) is 0 Å². The Labute approximate surface area is 147 Å². The Hall–Kier alpha value is -2.54. The second-order valence-electron chi connectivity index (χ2n) is 6.22. The number of hydrogen-bond donors (Lipinski definition) is 0. The monoisotopic (exact) mass is 341 g/mol. The molecule has 3 heterocycles. The molecule has 0 aliphatic carbocycles. The van der Waals surface area contributed by atoms with Crippen molar-refractivity contribution in [1.29, 1.82) is 0 Å². The molecule has 2 aromatic rings. The van der Waals surface area contributed by atoms with Crippen molar-refractivity contribution in [3.8, 4) is 0 Å². The van der Waals surface area contributed by atoms with E-state index in [-0.39, 0.29) is 12.0 Å². The SMILES string of the molecule is CN(C)c1nccnc1[C@@H]1CN(C(=O)CCc2cccnc2)CCO1. The molecule has 3 rings (SSSR count). The lowest BCUT2D eigenvalue weighted by molar-refractivity contribution is -0.139. The third kappa shape index (κ3) is 4.30. The average molecular weight is 341 g/mol. The van der Waals surface area contributed by atoms with Gasteiger partial charge in [0.1, 0.15) is 11.8 Å². The normalized spacial score (nSPS) is 17.4. The second-order valence-corrected chi connectivity index (χ2v) is 6.22. The summed E-state index contributed by atoms with van der Waals surface area (Å²) in [5.74, 6) is 0.907. The number of rotatable bonds is 5. The van der Waals surface area contributed by atoms with E-state index in [2.05, 4.69) is 15.0 Å². The number of ether oxygens (including phenoxy) is 1. The molecule has 2 aromatic heterocycles. The van der Waals surface area contributed by atoms with Crippen LogP contribution in [0.15, 0.2) is 36.9 Å². The Morgan fingerprint density at radius 1 is 1.32 bits per heavy atom. The number of amides is 1. The fraction of sp³-hybridized carbons (Fsp3) is 0.444. The summed E-state index contributed by atoms with van der Waals surface area (Å²) in [5.41, 5.74) is 1.85. The Bertz CT molecular complexity index is 708. The van der Waals surface area contributed by atoms with Crippen molar-refractivity contribution in [2.24, 2.45) is 0 Å². The molecule has 0 unspecified atom stereocenters. The van der Waals surface area contributed by atoms with E-state index >= 15 is 0 Å². The van der Waals surface area contributed by atoms with E-state index in [1.54, 1.807) is 24.8 Å². The van der Waals surface area contributed by atoms with Crippen molar-refractivity contribution < 1.29 is 9.53 Å². The Morgan fingerprint density at radius 2 is 2.16 bits per heavy atom. The molecular formula is C18H23N5O2. The van der Waals surface area contributed by atoms with Gasteiger partial charge in [-0.15, -0.1) is 0 Å². The maximum absolute atomic E-state index is 12.6. The number of carbonyl (C=O) groups is 1. The summed E-state index contributed by atoms with van der Waals surface area (Å²) < 4.78 is 5.86. The number of nitrogens with zero attached hydrogens (tertiary/aromatic N) is 5. The van der Waals surface area contributed by atoms with Crippen molar-refractivity contribution in [3.63, 3.8) is 0 Å². The van der Waals surface area contributed by atoms with Gasteiger partial charge in [-0.25, -0.2) is 4.98 Å². The Balaban J connectivity index is 1.64. The van der Waals surface area contributed by atoms with Gasteiger partial charge in [0.2, 0.25) is 5.91 Å². The Kier molecular flexibility index (Phi) is 5.55. The first-order chi connectivity index (χ1) is 12.1. The molecule has 132 valence electrons. The van der Waals surface area contributed by atoms with E-state index in [1.807, 2.05) is 36.0 Å². The molecule has 1 fully saturated rings. The molecule has 1 saturated heterocycles. The smallest absolute Gasteiger partial charge is 0.223 e. The fourth-order valence-electron chi connectivity index (χ4n) is 2.91. The number of carbonyl (C=O) groups excluding carboxylic acids is 1. The molecule has 0 spiro atoms. The van der Waals surface area contributed by atoms with Crippen LogP contribution in [0.25, 0.3) is 0 Å². The molecule has 1 amide bonds. The van der Waals surface area contributed by atoms with Crippen molar-refractivity contribution in [2.75, 3.05) is 38.7 Å². The topological polar surface area (TPSA) is 71.5 Å². The first-order valence-electron chi connectivity index (χ1n) is 8.41. The van der Waals surface area contributed by atoms with Crippen LogP contribution in [0.4, 0.5) is 5.82 Å². The molecule has 0 aromatic carbocycles. The lowest BCUT2D eigenvalue weighted by Crippen LogP contribution is -2.42. The minimum absolute atomic E-state index is 0.132. The van der Waals surface area contributed by atoms with Crippen molar-refractivity contribution in [1.82, 2.24) is 19.9 Å². The molecule has 7 heteroatoms. The van der Waals surface area contributed by atoms with Crippen LogP contribution in [0.1, 0.15) is 23.8 Å². The third-order valence-electron chi connectivity index (χ3n) is 4.20. The third-order valence-corrected chi connectivity index (χ3v) is 4.20. The summed E-state index contributed by atoms with van der Waals surface area (Å²) in [5, 5.41) is 0. The summed E-state index contributed by atoms with van der Waals surface area (Å²) in [6.07, 6.45) is 7.79. The predicted octanol–water partition coefficient (Wildman–Crippen LogP) is 1.47. The van der Waals surface area contributed by atoms with E-state index in [9.17, 15) is 4.79 Å². The van der Waals surface area contributed by atoms with Crippen LogP contribution in [0.5, 0.6) is 0 Å². The number of pyridine rings is 1. The molecule has 25 heavy (non-hydrogen) atoms. The minimum atomic E-state index is -0.248. The van der Waals surface area contributed by atoms with E-state index in [4.69, 9.17) is 4.74 Å². The maximum atomic E-state index is 12.6. The van der Waals surface area contributed by atoms with Gasteiger partial charge in [-0.3, -0.25) is 14.8 Å². The molecule has 1 atom stereocenters. The van der Waals surface area contributed by atoms with Gasteiger partial charge in [0.25, 0.3) is 0 Å². The summed E-state index contributed by atoms with van der Waals surface area (Å²) in [6.45, 7) is 1.62. The van der Waals surface area contributed by atoms with Gasteiger partial charge in [-0.05, 0) is 18.1 Å². The second kappa shape index (κ2) is 8.02. The fourth-order valence-corrected chi connectivity index (χ4v) is 2.91. The summed E-state index contributed by atoms with van der Waals surface area (Å²) in [6, 6.07) is 3.88. The van der Waals surface area contributed by atoms with E-state index in [1.165, 1.54) is 0 Å². The molecule has 0 saturated carbocycles. The summed E-state index contributed by atoms with van der Waals surface area (Å²) in [7, 11) is 3.85. The number of anilines is 1. The highest BCUT2D eigenvalue weighted by Crippen LogP contribution is 2.26. The van der Waals surface area contributed by atoms with Crippen molar-refractivity contribution >= 4 is 11.7 Å². The zero-order valence-corrected chi connectivity index (χ0v) is 14.6. The van der Waals surface area contributed by atoms with Gasteiger partial charge in [0, 0.05) is 51.8 Å². The van der Waals surface area contributed by atoms with Gasteiger partial charge in [-0.1, -0.05) is 6.07 Å². The molecule has 0 N–H and O–H groups in total. The number of hydrogen-bond acceptors (Lipinski definition) is 6. The van der Waals surface area contributed by atoms with Gasteiger partial charge in [0.05, 0.1) is 13.2 Å². The zero-order chi connectivity index (χ0) is 17.6. The largest absolute Gasteiger partial charge is 0.368 e. The molecule has 0 radical (unpaired) electrons. The van der Waals surface area contributed by atoms with Gasteiger partial charge in [-0.2, -0.15) is 0 Å². The maximum Gasteiger partial charge on any atom is 0.223 e. The molecular weight excluding hydrogens is 318 g/mol. The van der Waals surface area contributed by atoms with Crippen LogP contribution in [0.3, 0.4) is 0 Å². The zero-order valence-electron chi connectivity index (χ0n) is 14.6. The summed E-state index contributed by atoms with van der Waals surface area (Å²) in [4.78, 5) is 29.2. The number of morpholine rings is 1. The van der Waals surface area contributed by atoms with Crippen LogP contribution in [-0.2, 0) is 16.0 Å². The highest BCUT2D eigenvalue weighted by Gasteiger charge is 2.28. The lowest BCUT2D eigenvalue weighted by atomic mass is 10.1. The van der Waals surface area contributed by atoms with Gasteiger partial charge < -0.3 is 14.5 Å². The number of aromatic nitrogens is 3. The van der Waals surface area contributed by atoms with Crippen LogP contribution in [-0.4, -0.2) is 59.6 Å². The van der Waals surface area contributed by atoms with E-state index in [0.717, 1.165) is 17.1 Å². The molecule has 0 bridgehead atoms. The lowest BCUT2D eigenvalue weighted by Gasteiger charge is -2.33. The highest BCUT2D eigenvalue weighted by molar-refractivity contribution is 5.76. The van der Waals surface area contributed by atoms with E-state index < -0.39 is 0 Å². The average Bonchev–Trinajstić information content (AvgIpc) is 2.67. The van der Waals surface area contributed by atoms with Crippen LogP contribution >= 0.6 is 0 Å². The van der Waals surface area contributed by atoms with Gasteiger partial charge >= 0.3 is 0 Å². The quantitative estimate of drug-likeness (QED) is 0.820. The molecule has 1 aliphatic heterocycles. The standard InChI is InChI=1S/C18H23N5O2/c1-22(2)18-17(20-8-9-21-18)15-13-23(10-11-25-15)16(24)6-5-14-4-3-7-19-12-14/h3-4,7-9,12,15H,5-6,10-11,13H2,1-2H3/t15-/m0/s1. The Morgan fingerprint density at radius 3 is 2.92 bits per heavy atom. The first-order valence-corrected chi connectivity index (χ1v) is 8.41. The predicted molar refractivity (Wildman–Crippen MR) is 94.2 cm³/mol. The van der Waals surface area contributed by atoms with Gasteiger partial charge in [0.15, 0.2) is 5.82 Å². The van der Waals surface area contributed by atoms with E-state index in [0.29, 0.717) is 32.5 Å². The van der Waals surface area contributed by atoms with Crippen LogP contribution in [0.2, 0.25) is 0 Å². The molecule has 7 nitrogen and oxygen atoms in total. The highest BCUT2D eigenvalue weighted by atomic mass is 16.5.